The molecule has 0 saturated carbocycles. The van der Waals surface area contributed by atoms with E-state index >= 15 is 0 Å². The molecule has 0 aliphatic rings. The Balaban J connectivity index is 2.64. The minimum Gasteiger partial charge on any atom is -0.385 e. The third-order valence-corrected chi connectivity index (χ3v) is 3.01. The van der Waals surface area contributed by atoms with Gasteiger partial charge in [0.05, 0.1) is 4.47 Å². The highest BCUT2D eigenvalue weighted by atomic mass is 79.9. The Morgan fingerprint density at radius 3 is 2.80 bits per heavy atom. The zero-order valence-electron chi connectivity index (χ0n) is 8.50. The van der Waals surface area contributed by atoms with Gasteiger partial charge in [-0.1, -0.05) is 0 Å². The molecule has 15 heavy (non-hydrogen) atoms. The summed E-state index contributed by atoms with van der Waals surface area (Å²) in [5.41, 5.74) is 0.00983. The van der Waals surface area contributed by atoms with Gasteiger partial charge in [-0.05, 0) is 50.8 Å². The predicted octanol–water partition coefficient (Wildman–Crippen LogP) is 2.80. The lowest BCUT2D eigenvalue weighted by Crippen LogP contribution is -2.20. The molecule has 0 saturated heterocycles. The number of aromatic nitrogens is 1. The van der Waals surface area contributed by atoms with Crippen LogP contribution in [0.25, 0.3) is 0 Å². The molecule has 0 unspecified atom stereocenters. The molecule has 0 fully saturated rings. The summed E-state index contributed by atoms with van der Waals surface area (Å²) in [4.78, 5) is 11.6. The van der Waals surface area contributed by atoms with E-state index < -0.39 is 0 Å². The smallest absolute Gasteiger partial charge is 0.264 e. The lowest BCUT2D eigenvalue weighted by molar-refractivity contribution is 0.191. The van der Waals surface area contributed by atoms with E-state index in [1.807, 2.05) is 0 Å². The van der Waals surface area contributed by atoms with Crippen LogP contribution in [0.3, 0.4) is 0 Å². The van der Waals surface area contributed by atoms with E-state index in [9.17, 15) is 4.79 Å². The number of hydrogen-bond acceptors (Lipinski definition) is 2. The van der Waals surface area contributed by atoms with Crippen molar-refractivity contribution in [2.75, 3.05) is 13.7 Å². The van der Waals surface area contributed by atoms with Crippen molar-refractivity contribution < 1.29 is 4.74 Å². The molecule has 0 aliphatic heterocycles. The first-order valence-electron chi connectivity index (χ1n) is 4.69. The lowest BCUT2D eigenvalue weighted by atomic mass is 10.3. The van der Waals surface area contributed by atoms with Gasteiger partial charge in [-0.15, -0.1) is 0 Å². The zero-order chi connectivity index (χ0) is 11.3. The Kier molecular flexibility index (Phi) is 5.56. The number of nitrogens with zero attached hydrogens (tertiary/aromatic N) is 1. The van der Waals surface area contributed by atoms with Crippen molar-refractivity contribution in [3.05, 3.63) is 31.6 Å². The van der Waals surface area contributed by atoms with E-state index in [0.717, 1.165) is 30.5 Å². The van der Waals surface area contributed by atoms with E-state index in [0.29, 0.717) is 4.47 Å². The molecule has 1 rings (SSSR count). The van der Waals surface area contributed by atoms with Crippen LogP contribution in [0.2, 0.25) is 0 Å². The summed E-state index contributed by atoms with van der Waals surface area (Å²) in [5.74, 6) is 0. The van der Waals surface area contributed by atoms with E-state index in [1.165, 1.54) is 0 Å². The fraction of sp³-hybridized carbons (Fsp3) is 0.500. The molecule has 0 spiro atoms. The number of rotatable bonds is 5. The zero-order valence-corrected chi connectivity index (χ0v) is 11.7. The van der Waals surface area contributed by atoms with Crippen LogP contribution in [0, 0.1) is 0 Å². The van der Waals surface area contributed by atoms with Gasteiger partial charge >= 0.3 is 0 Å². The van der Waals surface area contributed by atoms with Crippen molar-refractivity contribution in [3.8, 4) is 0 Å². The third kappa shape index (κ3) is 4.09. The first-order chi connectivity index (χ1) is 7.15. The van der Waals surface area contributed by atoms with Gasteiger partial charge < -0.3 is 9.30 Å². The third-order valence-electron chi connectivity index (χ3n) is 2.01. The lowest BCUT2D eigenvalue weighted by Gasteiger charge is -2.06. The number of aryl methyl sites for hydroxylation is 1. The molecule has 0 atom stereocenters. The number of methoxy groups -OCH3 is 1. The van der Waals surface area contributed by atoms with Crippen molar-refractivity contribution in [2.24, 2.45) is 0 Å². The molecule has 0 aromatic carbocycles. The molecule has 1 aromatic rings. The highest BCUT2D eigenvalue weighted by Crippen LogP contribution is 2.13. The summed E-state index contributed by atoms with van der Waals surface area (Å²) in [6.45, 7) is 1.46. The van der Waals surface area contributed by atoms with Gasteiger partial charge in [-0.2, -0.15) is 0 Å². The SMILES string of the molecule is COCCCCn1cc(Br)cc(Br)c1=O. The molecule has 5 heteroatoms. The van der Waals surface area contributed by atoms with E-state index in [4.69, 9.17) is 4.74 Å². The van der Waals surface area contributed by atoms with Crippen LogP contribution in [-0.2, 0) is 11.3 Å². The summed E-state index contributed by atoms with van der Waals surface area (Å²) >= 11 is 6.59. The highest BCUT2D eigenvalue weighted by molar-refractivity contribution is 9.11. The molecular weight excluding hydrogens is 326 g/mol. The second-order valence-corrected chi connectivity index (χ2v) is 4.97. The van der Waals surface area contributed by atoms with Crippen molar-refractivity contribution in [1.29, 1.82) is 0 Å². The standard InChI is InChI=1S/C10H13Br2NO2/c1-15-5-3-2-4-13-7-8(11)6-9(12)10(13)14/h6-7H,2-5H2,1H3. The van der Waals surface area contributed by atoms with Crippen molar-refractivity contribution in [2.45, 2.75) is 19.4 Å². The van der Waals surface area contributed by atoms with E-state index in [-0.39, 0.29) is 5.56 Å². The Labute approximate surface area is 106 Å². The minimum atomic E-state index is 0.00983. The normalized spacial score (nSPS) is 10.6. The topological polar surface area (TPSA) is 31.2 Å². The van der Waals surface area contributed by atoms with Crippen molar-refractivity contribution >= 4 is 31.9 Å². The van der Waals surface area contributed by atoms with Crippen LogP contribution in [0.4, 0.5) is 0 Å². The number of halogens is 2. The van der Waals surface area contributed by atoms with Gasteiger partial charge in [-0.25, -0.2) is 0 Å². The molecule has 0 radical (unpaired) electrons. The van der Waals surface area contributed by atoms with Crippen LogP contribution in [0.5, 0.6) is 0 Å². The summed E-state index contributed by atoms with van der Waals surface area (Å²) in [5, 5.41) is 0. The van der Waals surface area contributed by atoms with Gasteiger partial charge in [0.15, 0.2) is 0 Å². The molecule has 1 aromatic heterocycles. The van der Waals surface area contributed by atoms with E-state index in [2.05, 4.69) is 31.9 Å². The predicted molar refractivity (Wildman–Crippen MR) is 67.2 cm³/mol. The van der Waals surface area contributed by atoms with Crippen molar-refractivity contribution in [3.63, 3.8) is 0 Å². The minimum absolute atomic E-state index is 0.00983. The molecule has 0 N–H and O–H groups in total. The molecule has 3 nitrogen and oxygen atoms in total. The molecule has 0 amide bonds. The Morgan fingerprint density at radius 2 is 2.13 bits per heavy atom. The molecule has 0 aliphatic carbocycles. The summed E-state index contributed by atoms with van der Waals surface area (Å²) in [6.07, 6.45) is 3.71. The average molecular weight is 339 g/mol. The van der Waals surface area contributed by atoms with E-state index in [1.54, 1.807) is 23.9 Å². The molecular formula is C10H13Br2NO2. The first-order valence-corrected chi connectivity index (χ1v) is 6.28. The summed E-state index contributed by atoms with van der Waals surface area (Å²) in [7, 11) is 1.68. The summed E-state index contributed by atoms with van der Waals surface area (Å²) < 4.78 is 8.14. The monoisotopic (exact) mass is 337 g/mol. The van der Waals surface area contributed by atoms with Gasteiger partial charge in [0.2, 0.25) is 0 Å². The van der Waals surface area contributed by atoms with Crippen LogP contribution >= 0.6 is 31.9 Å². The van der Waals surface area contributed by atoms with Gasteiger partial charge in [-0.3, -0.25) is 4.79 Å². The van der Waals surface area contributed by atoms with Crippen LogP contribution in [0.1, 0.15) is 12.8 Å². The maximum Gasteiger partial charge on any atom is 0.264 e. The Bertz CT molecular complexity index is 376. The second kappa shape index (κ2) is 6.45. The van der Waals surface area contributed by atoms with Crippen LogP contribution in [-0.4, -0.2) is 18.3 Å². The average Bonchev–Trinajstić information content (AvgIpc) is 2.19. The fourth-order valence-electron chi connectivity index (χ4n) is 1.26. The number of pyridine rings is 1. The quantitative estimate of drug-likeness (QED) is 0.773. The molecule has 1 heterocycles. The number of ether oxygens (including phenoxy) is 1. The van der Waals surface area contributed by atoms with Gasteiger partial charge in [0.25, 0.3) is 5.56 Å². The van der Waals surface area contributed by atoms with Crippen LogP contribution < -0.4 is 5.56 Å². The van der Waals surface area contributed by atoms with Gasteiger partial charge in [0, 0.05) is 30.9 Å². The summed E-state index contributed by atoms with van der Waals surface area (Å²) in [6, 6.07) is 1.76. The second-order valence-electron chi connectivity index (χ2n) is 3.20. The fourth-order valence-corrected chi connectivity index (χ4v) is 2.52. The molecule has 0 bridgehead atoms. The number of hydrogen-bond donors (Lipinski definition) is 0. The largest absolute Gasteiger partial charge is 0.385 e. The molecule has 84 valence electrons. The Hall–Kier alpha value is -0.130. The maximum absolute atomic E-state index is 11.6. The first kappa shape index (κ1) is 12.9. The van der Waals surface area contributed by atoms with Crippen LogP contribution in [0.15, 0.2) is 26.0 Å². The maximum atomic E-state index is 11.6. The Morgan fingerprint density at radius 1 is 1.40 bits per heavy atom. The number of unbranched alkanes of at least 4 members (excludes halogenated alkanes) is 1. The highest BCUT2D eigenvalue weighted by Gasteiger charge is 2.02. The van der Waals surface area contributed by atoms with Crippen molar-refractivity contribution in [1.82, 2.24) is 4.57 Å². The van der Waals surface area contributed by atoms with Gasteiger partial charge in [0.1, 0.15) is 0 Å².